The summed E-state index contributed by atoms with van der Waals surface area (Å²) in [4.78, 5) is 4.11. The summed E-state index contributed by atoms with van der Waals surface area (Å²) in [6.07, 6.45) is 6.84. The van der Waals surface area contributed by atoms with Crippen molar-refractivity contribution in [2.24, 2.45) is 5.92 Å². The first kappa shape index (κ1) is 10.6. The van der Waals surface area contributed by atoms with Gasteiger partial charge in [0.25, 0.3) is 0 Å². The molecule has 1 aromatic rings. The molecule has 1 aromatic heterocycles. The average Bonchev–Trinajstić information content (AvgIpc) is 2.75. The van der Waals surface area contributed by atoms with E-state index in [1.54, 1.807) is 6.20 Å². The zero-order chi connectivity index (χ0) is 10.5. The molecule has 15 heavy (non-hydrogen) atoms. The Morgan fingerprint density at radius 1 is 1.53 bits per heavy atom. The first-order chi connectivity index (χ1) is 7.42. The van der Waals surface area contributed by atoms with Gasteiger partial charge in [-0.2, -0.15) is 0 Å². The Balaban J connectivity index is 2.01. The summed E-state index contributed by atoms with van der Waals surface area (Å²) < 4.78 is 5.73. The minimum atomic E-state index is 0.185. The first-order valence-corrected chi connectivity index (χ1v) is 5.54. The third-order valence-electron chi connectivity index (χ3n) is 2.96. The lowest BCUT2D eigenvalue weighted by atomic mass is 9.92. The fraction of sp³-hybridized carbons (Fsp3) is 0.583. The predicted molar refractivity (Wildman–Crippen MR) is 57.4 cm³/mol. The monoisotopic (exact) mass is 207 g/mol. The van der Waals surface area contributed by atoms with E-state index in [1.165, 1.54) is 0 Å². The molecule has 0 amide bonds. The van der Waals surface area contributed by atoms with Gasteiger partial charge in [0, 0.05) is 25.6 Å². The van der Waals surface area contributed by atoms with Crippen molar-refractivity contribution in [3.05, 3.63) is 30.1 Å². The van der Waals surface area contributed by atoms with Gasteiger partial charge in [-0.1, -0.05) is 6.07 Å². The van der Waals surface area contributed by atoms with Crippen LogP contribution in [0.2, 0.25) is 0 Å². The van der Waals surface area contributed by atoms with Gasteiger partial charge in [0.2, 0.25) is 0 Å². The molecule has 1 N–H and O–H groups in total. The number of aliphatic hydroxyl groups is 1. The highest BCUT2D eigenvalue weighted by atomic mass is 16.5. The van der Waals surface area contributed by atoms with E-state index in [4.69, 9.17) is 9.84 Å². The van der Waals surface area contributed by atoms with Crippen LogP contribution in [0.15, 0.2) is 24.5 Å². The van der Waals surface area contributed by atoms with Gasteiger partial charge in [-0.15, -0.1) is 0 Å². The van der Waals surface area contributed by atoms with Crippen molar-refractivity contribution in [2.45, 2.75) is 25.4 Å². The lowest BCUT2D eigenvalue weighted by molar-refractivity contribution is 0.0864. The number of pyridine rings is 1. The predicted octanol–water partition coefficient (Wildman–Crippen LogP) is 1.93. The van der Waals surface area contributed by atoms with Gasteiger partial charge in [0.15, 0.2) is 0 Å². The van der Waals surface area contributed by atoms with Crippen LogP contribution in [0.25, 0.3) is 0 Å². The van der Waals surface area contributed by atoms with E-state index in [0.717, 1.165) is 31.4 Å². The molecular formula is C12H17NO2. The van der Waals surface area contributed by atoms with Gasteiger partial charge in [0.05, 0.1) is 6.10 Å². The molecule has 0 spiro atoms. The number of aromatic nitrogens is 1. The van der Waals surface area contributed by atoms with E-state index >= 15 is 0 Å². The Morgan fingerprint density at radius 2 is 2.47 bits per heavy atom. The quantitative estimate of drug-likeness (QED) is 0.820. The molecule has 3 heteroatoms. The van der Waals surface area contributed by atoms with Crippen molar-refractivity contribution in [1.29, 1.82) is 0 Å². The molecule has 2 unspecified atom stereocenters. The second-order valence-electron chi connectivity index (χ2n) is 3.99. The number of rotatable bonds is 4. The zero-order valence-corrected chi connectivity index (χ0v) is 8.80. The minimum absolute atomic E-state index is 0.185. The van der Waals surface area contributed by atoms with E-state index in [1.807, 2.05) is 12.3 Å². The van der Waals surface area contributed by atoms with Crippen LogP contribution in [0.5, 0.6) is 0 Å². The van der Waals surface area contributed by atoms with Gasteiger partial charge in [-0.3, -0.25) is 4.98 Å². The molecule has 2 atom stereocenters. The van der Waals surface area contributed by atoms with Gasteiger partial charge >= 0.3 is 0 Å². The fourth-order valence-corrected chi connectivity index (χ4v) is 2.20. The lowest BCUT2D eigenvalue weighted by Gasteiger charge is -2.17. The van der Waals surface area contributed by atoms with Crippen LogP contribution in [0.1, 0.15) is 30.9 Å². The zero-order valence-electron chi connectivity index (χ0n) is 8.80. The largest absolute Gasteiger partial charge is 0.396 e. The Kier molecular flexibility index (Phi) is 3.69. The number of hydrogen-bond acceptors (Lipinski definition) is 3. The fourth-order valence-electron chi connectivity index (χ4n) is 2.20. The van der Waals surface area contributed by atoms with Gasteiger partial charge in [0.1, 0.15) is 0 Å². The van der Waals surface area contributed by atoms with Crippen molar-refractivity contribution in [3.63, 3.8) is 0 Å². The maximum atomic E-state index is 8.83. The van der Waals surface area contributed by atoms with Gasteiger partial charge < -0.3 is 9.84 Å². The van der Waals surface area contributed by atoms with E-state index in [0.29, 0.717) is 5.92 Å². The average molecular weight is 207 g/mol. The van der Waals surface area contributed by atoms with Crippen LogP contribution < -0.4 is 0 Å². The highest BCUT2D eigenvalue weighted by Crippen LogP contribution is 2.36. The Labute approximate surface area is 90.1 Å². The summed E-state index contributed by atoms with van der Waals surface area (Å²) in [5.74, 6) is 0.543. The third kappa shape index (κ3) is 2.55. The molecule has 0 aliphatic carbocycles. The molecule has 82 valence electrons. The van der Waals surface area contributed by atoms with E-state index < -0.39 is 0 Å². The summed E-state index contributed by atoms with van der Waals surface area (Å²) in [5.41, 5.74) is 1.16. The second-order valence-corrected chi connectivity index (χ2v) is 3.99. The molecule has 0 bridgehead atoms. The van der Waals surface area contributed by atoms with Gasteiger partial charge in [-0.05, 0) is 36.8 Å². The molecule has 0 radical (unpaired) electrons. The Hall–Kier alpha value is -0.930. The first-order valence-electron chi connectivity index (χ1n) is 5.54. The van der Waals surface area contributed by atoms with Crippen molar-refractivity contribution in [1.82, 2.24) is 4.98 Å². The molecule has 2 rings (SSSR count). The molecule has 1 fully saturated rings. The summed E-state index contributed by atoms with van der Waals surface area (Å²) in [5, 5.41) is 8.83. The molecule has 3 nitrogen and oxygen atoms in total. The number of aliphatic hydroxyl groups excluding tert-OH is 1. The van der Waals surface area contributed by atoms with Crippen LogP contribution >= 0.6 is 0 Å². The molecule has 2 heterocycles. The Morgan fingerprint density at radius 3 is 3.20 bits per heavy atom. The van der Waals surface area contributed by atoms with Gasteiger partial charge in [-0.25, -0.2) is 0 Å². The maximum Gasteiger partial charge on any atom is 0.0868 e. The second kappa shape index (κ2) is 5.24. The van der Waals surface area contributed by atoms with E-state index in [-0.39, 0.29) is 12.7 Å². The van der Waals surface area contributed by atoms with E-state index in [2.05, 4.69) is 11.1 Å². The van der Waals surface area contributed by atoms with Crippen molar-refractivity contribution in [2.75, 3.05) is 13.2 Å². The van der Waals surface area contributed by atoms with Crippen molar-refractivity contribution < 1.29 is 9.84 Å². The minimum Gasteiger partial charge on any atom is -0.396 e. The molecule has 1 aliphatic heterocycles. The topological polar surface area (TPSA) is 42.4 Å². The number of nitrogens with zero attached hydrogens (tertiary/aromatic N) is 1. The van der Waals surface area contributed by atoms with Crippen molar-refractivity contribution >= 4 is 0 Å². The third-order valence-corrected chi connectivity index (χ3v) is 2.96. The SMILES string of the molecule is OCCCC1CCOC1c1cccnc1. The molecular weight excluding hydrogens is 190 g/mol. The summed E-state index contributed by atoms with van der Waals surface area (Å²) in [6, 6.07) is 4.01. The highest BCUT2D eigenvalue weighted by molar-refractivity contribution is 5.14. The maximum absolute atomic E-state index is 8.83. The number of ether oxygens (including phenoxy) is 1. The molecule has 0 aromatic carbocycles. The molecule has 1 saturated heterocycles. The highest BCUT2D eigenvalue weighted by Gasteiger charge is 2.28. The van der Waals surface area contributed by atoms with Crippen LogP contribution in [-0.4, -0.2) is 23.3 Å². The van der Waals surface area contributed by atoms with Crippen LogP contribution in [0, 0.1) is 5.92 Å². The van der Waals surface area contributed by atoms with Crippen molar-refractivity contribution in [3.8, 4) is 0 Å². The Bertz CT molecular complexity index is 289. The van der Waals surface area contributed by atoms with Crippen LogP contribution in [-0.2, 0) is 4.74 Å². The van der Waals surface area contributed by atoms with Crippen LogP contribution in [0.4, 0.5) is 0 Å². The molecule has 1 aliphatic rings. The summed E-state index contributed by atoms with van der Waals surface area (Å²) >= 11 is 0. The smallest absolute Gasteiger partial charge is 0.0868 e. The molecule has 0 saturated carbocycles. The van der Waals surface area contributed by atoms with E-state index in [9.17, 15) is 0 Å². The standard InChI is InChI=1S/C12H17NO2/c14-7-2-4-10-5-8-15-12(10)11-3-1-6-13-9-11/h1,3,6,9-10,12,14H,2,4-5,7-8H2. The summed E-state index contributed by atoms with van der Waals surface area (Å²) in [7, 11) is 0. The number of hydrogen-bond donors (Lipinski definition) is 1. The van der Waals surface area contributed by atoms with Crippen LogP contribution in [0.3, 0.4) is 0 Å². The summed E-state index contributed by atoms with van der Waals surface area (Å²) in [6.45, 7) is 1.10. The lowest BCUT2D eigenvalue weighted by Crippen LogP contribution is -2.08. The normalized spacial score (nSPS) is 25.7.